The molecule has 3 aromatic carbocycles. The standard InChI is InChI=1S/C25H26N2O4/c1-17(18-7-6-10-21(14-18)30-2)26-15-22-16-27(23-11-3-4-12-24(23)31-22)20-9-5-8-19(13-20)25(28)29/h3-14,17,22,26H,15-16H2,1-2H3,(H,28,29). The van der Waals surface area contributed by atoms with Crippen LogP contribution < -0.4 is 19.7 Å². The lowest BCUT2D eigenvalue weighted by Crippen LogP contribution is -2.44. The summed E-state index contributed by atoms with van der Waals surface area (Å²) in [5.41, 5.74) is 3.17. The van der Waals surface area contributed by atoms with Gasteiger partial charge in [0.2, 0.25) is 0 Å². The minimum Gasteiger partial charge on any atom is -0.497 e. The Bertz CT molecular complexity index is 1070. The largest absolute Gasteiger partial charge is 0.497 e. The van der Waals surface area contributed by atoms with E-state index in [-0.39, 0.29) is 17.7 Å². The number of fused-ring (bicyclic) bond motifs is 1. The van der Waals surface area contributed by atoms with Crippen LogP contribution in [0.5, 0.6) is 11.5 Å². The number of hydrogen-bond donors (Lipinski definition) is 2. The molecule has 6 heteroatoms. The van der Waals surface area contributed by atoms with Gasteiger partial charge in [-0.05, 0) is 55.0 Å². The fraction of sp³-hybridized carbons (Fsp3) is 0.240. The van der Waals surface area contributed by atoms with Crippen LogP contribution in [0.4, 0.5) is 11.4 Å². The average Bonchev–Trinajstić information content (AvgIpc) is 2.82. The van der Waals surface area contributed by atoms with Crippen LogP contribution in [0, 0.1) is 0 Å². The van der Waals surface area contributed by atoms with Crippen LogP contribution in [0.15, 0.2) is 72.8 Å². The highest BCUT2D eigenvalue weighted by Gasteiger charge is 2.27. The van der Waals surface area contributed by atoms with Crippen LogP contribution in [0.1, 0.15) is 28.9 Å². The molecule has 0 saturated heterocycles. The molecule has 2 atom stereocenters. The molecule has 3 aromatic rings. The molecular formula is C25H26N2O4. The first kappa shape index (κ1) is 20.8. The molecule has 0 amide bonds. The van der Waals surface area contributed by atoms with E-state index < -0.39 is 5.97 Å². The SMILES string of the molecule is COc1cccc(C(C)NCC2CN(c3cccc(C(=O)O)c3)c3ccccc3O2)c1. The van der Waals surface area contributed by atoms with Gasteiger partial charge in [-0.3, -0.25) is 0 Å². The number of nitrogens with zero attached hydrogens (tertiary/aromatic N) is 1. The zero-order valence-corrected chi connectivity index (χ0v) is 17.6. The van der Waals surface area contributed by atoms with Gasteiger partial charge < -0.3 is 24.8 Å². The van der Waals surface area contributed by atoms with Crippen molar-refractivity contribution in [3.05, 3.63) is 83.9 Å². The normalized spacial score (nSPS) is 16.2. The van der Waals surface area contributed by atoms with Crippen molar-refractivity contribution >= 4 is 17.3 Å². The molecule has 0 aromatic heterocycles. The van der Waals surface area contributed by atoms with E-state index in [2.05, 4.69) is 23.2 Å². The van der Waals surface area contributed by atoms with Crippen LogP contribution in [0.25, 0.3) is 0 Å². The van der Waals surface area contributed by atoms with Crippen molar-refractivity contribution in [2.24, 2.45) is 0 Å². The van der Waals surface area contributed by atoms with Crippen LogP contribution in [0.3, 0.4) is 0 Å². The second-order valence-electron chi connectivity index (χ2n) is 7.58. The van der Waals surface area contributed by atoms with E-state index in [1.54, 1.807) is 25.3 Å². The quantitative estimate of drug-likeness (QED) is 0.582. The average molecular weight is 418 g/mol. The van der Waals surface area contributed by atoms with Crippen LogP contribution in [-0.2, 0) is 0 Å². The van der Waals surface area contributed by atoms with Gasteiger partial charge in [0.15, 0.2) is 0 Å². The van der Waals surface area contributed by atoms with E-state index in [1.165, 1.54) is 0 Å². The molecule has 2 N–H and O–H groups in total. The number of para-hydroxylation sites is 2. The molecule has 1 aliphatic rings. The van der Waals surface area contributed by atoms with Gasteiger partial charge >= 0.3 is 5.97 Å². The van der Waals surface area contributed by atoms with Crippen molar-refractivity contribution in [3.63, 3.8) is 0 Å². The molecule has 6 nitrogen and oxygen atoms in total. The lowest BCUT2D eigenvalue weighted by atomic mass is 10.1. The maximum absolute atomic E-state index is 11.4. The Morgan fingerprint density at radius 3 is 2.77 bits per heavy atom. The third-order valence-corrected chi connectivity index (χ3v) is 5.49. The first-order valence-electron chi connectivity index (χ1n) is 10.3. The molecule has 0 aliphatic carbocycles. The minimum absolute atomic E-state index is 0.101. The molecule has 0 radical (unpaired) electrons. The van der Waals surface area contributed by atoms with Gasteiger partial charge in [0.25, 0.3) is 0 Å². The number of rotatable bonds is 7. The van der Waals surface area contributed by atoms with E-state index in [0.29, 0.717) is 13.1 Å². The van der Waals surface area contributed by atoms with E-state index in [0.717, 1.165) is 28.4 Å². The summed E-state index contributed by atoms with van der Waals surface area (Å²) in [5, 5.41) is 12.9. The van der Waals surface area contributed by atoms with Gasteiger partial charge in [-0.2, -0.15) is 0 Å². The fourth-order valence-corrected chi connectivity index (χ4v) is 3.79. The van der Waals surface area contributed by atoms with E-state index in [9.17, 15) is 9.90 Å². The molecule has 1 heterocycles. The maximum Gasteiger partial charge on any atom is 0.335 e. The number of aromatic carboxylic acids is 1. The van der Waals surface area contributed by atoms with Crippen molar-refractivity contribution in [2.75, 3.05) is 25.1 Å². The highest BCUT2D eigenvalue weighted by Crippen LogP contribution is 2.38. The number of benzene rings is 3. The summed E-state index contributed by atoms with van der Waals surface area (Å²) in [6.45, 7) is 3.36. The van der Waals surface area contributed by atoms with E-state index >= 15 is 0 Å². The maximum atomic E-state index is 11.4. The first-order chi connectivity index (χ1) is 15.0. The van der Waals surface area contributed by atoms with Crippen LogP contribution >= 0.6 is 0 Å². The predicted octanol–water partition coefficient (Wildman–Crippen LogP) is 4.64. The topological polar surface area (TPSA) is 71.0 Å². The zero-order valence-electron chi connectivity index (χ0n) is 17.6. The molecule has 0 spiro atoms. The molecule has 0 saturated carbocycles. The number of carboxylic acids is 1. The highest BCUT2D eigenvalue weighted by molar-refractivity contribution is 5.89. The van der Waals surface area contributed by atoms with Crippen LogP contribution in [0.2, 0.25) is 0 Å². The van der Waals surface area contributed by atoms with Gasteiger partial charge in [0, 0.05) is 18.3 Å². The monoisotopic (exact) mass is 418 g/mol. The van der Waals surface area contributed by atoms with Crippen molar-refractivity contribution in [1.82, 2.24) is 5.32 Å². The summed E-state index contributed by atoms with van der Waals surface area (Å²) in [5.74, 6) is 0.683. The number of ether oxygens (including phenoxy) is 2. The summed E-state index contributed by atoms with van der Waals surface area (Å²) in [7, 11) is 1.67. The second-order valence-corrected chi connectivity index (χ2v) is 7.58. The lowest BCUT2D eigenvalue weighted by molar-refractivity contribution is 0.0697. The summed E-state index contributed by atoms with van der Waals surface area (Å²) in [6, 6.07) is 23.0. The molecular weight excluding hydrogens is 392 g/mol. The van der Waals surface area contributed by atoms with Crippen LogP contribution in [-0.4, -0.2) is 37.4 Å². The van der Waals surface area contributed by atoms with E-state index in [1.807, 2.05) is 48.5 Å². The molecule has 4 rings (SSSR count). The van der Waals surface area contributed by atoms with Gasteiger partial charge in [-0.15, -0.1) is 0 Å². The molecule has 0 fully saturated rings. The molecule has 1 aliphatic heterocycles. The van der Waals surface area contributed by atoms with Gasteiger partial charge in [-0.1, -0.05) is 30.3 Å². The number of nitrogens with one attached hydrogen (secondary N) is 1. The van der Waals surface area contributed by atoms with Crippen molar-refractivity contribution in [3.8, 4) is 11.5 Å². The Morgan fingerprint density at radius 2 is 1.97 bits per heavy atom. The highest BCUT2D eigenvalue weighted by atomic mass is 16.5. The summed E-state index contributed by atoms with van der Waals surface area (Å²) >= 11 is 0. The third-order valence-electron chi connectivity index (χ3n) is 5.49. The molecule has 160 valence electrons. The Morgan fingerprint density at radius 1 is 1.16 bits per heavy atom. The summed E-state index contributed by atoms with van der Waals surface area (Å²) in [6.07, 6.45) is -0.101. The minimum atomic E-state index is -0.936. The van der Waals surface area contributed by atoms with Crippen molar-refractivity contribution in [1.29, 1.82) is 0 Å². The Hall–Kier alpha value is -3.51. The Kier molecular flexibility index (Phi) is 6.09. The zero-order chi connectivity index (χ0) is 21.8. The first-order valence-corrected chi connectivity index (χ1v) is 10.3. The molecule has 31 heavy (non-hydrogen) atoms. The number of anilines is 2. The number of methoxy groups -OCH3 is 1. The lowest BCUT2D eigenvalue weighted by Gasteiger charge is -2.37. The van der Waals surface area contributed by atoms with Gasteiger partial charge in [0.05, 0.1) is 24.9 Å². The summed E-state index contributed by atoms with van der Waals surface area (Å²) in [4.78, 5) is 13.6. The second kappa shape index (κ2) is 9.10. The number of carboxylic acid groups (broad SMARTS) is 1. The van der Waals surface area contributed by atoms with Crippen molar-refractivity contribution < 1.29 is 19.4 Å². The van der Waals surface area contributed by atoms with E-state index in [4.69, 9.17) is 9.47 Å². The van der Waals surface area contributed by atoms with Gasteiger partial charge in [-0.25, -0.2) is 4.79 Å². The Balaban J connectivity index is 1.52. The number of hydrogen-bond acceptors (Lipinski definition) is 5. The predicted molar refractivity (Wildman–Crippen MR) is 121 cm³/mol. The van der Waals surface area contributed by atoms with Gasteiger partial charge in [0.1, 0.15) is 17.6 Å². The summed E-state index contributed by atoms with van der Waals surface area (Å²) < 4.78 is 11.6. The molecule has 2 unspecified atom stereocenters. The smallest absolute Gasteiger partial charge is 0.335 e. The third kappa shape index (κ3) is 4.64. The number of carbonyl (C=O) groups is 1. The molecule has 0 bridgehead atoms. The fourth-order valence-electron chi connectivity index (χ4n) is 3.79. The van der Waals surface area contributed by atoms with Crippen molar-refractivity contribution in [2.45, 2.75) is 19.1 Å². The Labute approximate surface area is 182 Å².